The molecule has 0 aliphatic rings. The lowest BCUT2D eigenvalue weighted by Crippen LogP contribution is -2.15. The zero-order chi connectivity index (χ0) is 21.6. The van der Waals surface area contributed by atoms with Crippen molar-refractivity contribution < 1.29 is 9.72 Å². The minimum absolute atomic E-state index is 0.0939. The van der Waals surface area contributed by atoms with Gasteiger partial charge < -0.3 is 10.7 Å². The maximum absolute atomic E-state index is 12.7. The number of rotatable bonds is 4. The van der Waals surface area contributed by atoms with Crippen molar-refractivity contribution in [3.8, 4) is 17.1 Å². The van der Waals surface area contributed by atoms with Gasteiger partial charge in [0.2, 0.25) is 0 Å². The highest BCUT2D eigenvalue weighted by molar-refractivity contribution is 6.02. The van der Waals surface area contributed by atoms with E-state index < -0.39 is 16.5 Å². The van der Waals surface area contributed by atoms with E-state index in [4.69, 9.17) is 5.73 Å². The number of hydrogen-bond donors (Lipinski definition) is 2. The van der Waals surface area contributed by atoms with Gasteiger partial charge in [-0.1, -0.05) is 6.07 Å². The molecule has 10 heteroatoms. The van der Waals surface area contributed by atoms with Gasteiger partial charge in [0.05, 0.1) is 10.6 Å². The normalized spacial score (nSPS) is 11.0. The number of nitrogens with one attached hydrogen (secondary N) is 1. The molecule has 0 unspecified atom stereocenters. The van der Waals surface area contributed by atoms with Crippen molar-refractivity contribution in [1.29, 1.82) is 0 Å². The minimum atomic E-state index is -0.834. The Morgan fingerprint density at radius 1 is 1.10 bits per heavy atom. The maximum Gasteiger partial charge on any atom is 0.332 e. The van der Waals surface area contributed by atoms with Gasteiger partial charge >= 0.3 is 5.69 Å². The van der Waals surface area contributed by atoms with Crippen LogP contribution < -0.4 is 11.4 Å². The second kappa shape index (κ2) is 6.92. The van der Waals surface area contributed by atoms with Gasteiger partial charge in [-0.25, -0.2) is 19.3 Å². The number of nitrogens with two attached hydrogens (primary N) is 1. The number of benzene rings is 2. The zero-order valence-corrected chi connectivity index (χ0v) is 16.0. The largest absolute Gasteiger partial charge is 0.364 e. The Balaban J connectivity index is 2.00. The summed E-state index contributed by atoms with van der Waals surface area (Å²) in [5.74, 6) is -0.721. The first-order valence-electron chi connectivity index (χ1n) is 8.91. The lowest BCUT2D eigenvalue weighted by molar-refractivity contribution is -0.384. The molecular formula is C20H16N6O4. The number of primary amides is 1. The van der Waals surface area contributed by atoms with Gasteiger partial charge in [0.1, 0.15) is 5.52 Å². The van der Waals surface area contributed by atoms with E-state index in [-0.39, 0.29) is 28.4 Å². The van der Waals surface area contributed by atoms with Crippen LogP contribution in [-0.4, -0.2) is 30.3 Å². The number of hydrogen-bond acceptors (Lipinski definition) is 6. The molecule has 2 aromatic carbocycles. The van der Waals surface area contributed by atoms with Crippen molar-refractivity contribution in [3.63, 3.8) is 0 Å². The Morgan fingerprint density at radius 2 is 1.80 bits per heavy atom. The fraction of sp³-hybridized carbons (Fsp3) is 0.100. The van der Waals surface area contributed by atoms with Gasteiger partial charge in [-0.05, 0) is 49.2 Å². The smallest absolute Gasteiger partial charge is 0.332 e. The lowest BCUT2D eigenvalue weighted by Gasteiger charge is -2.08. The van der Waals surface area contributed by atoms with Gasteiger partial charge in [-0.15, -0.1) is 0 Å². The van der Waals surface area contributed by atoms with Crippen LogP contribution in [0.4, 0.5) is 5.69 Å². The number of non-ortho nitro benzene ring substituents is 1. The van der Waals surface area contributed by atoms with E-state index in [2.05, 4.69) is 15.0 Å². The van der Waals surface area contributed by atoms with Crippen molar-refractivity contribution in [1.82, 2.24) is 19.5 Å². The van der Waals surface area contributed by atoms with Gasteiger partial charge in [0.25, 0.3) is 11.6 Å². The molecule has 4 aromatic rings. The van der Waals surface area contributed by atoms with Gasteiger partial charge in [-0.2, -0.15) is 0 Å². The zero-order valence-electron chi connectivity index (χ0n) is 16.0. The first-order valence-corrected chi connectivity index (χ1v) is 8.91. The van der Waals surface area contributed by atoms with Crippen LogP contribution in [0.15, 0.2) is 47.3 Å². The van der Waals surface area contributed by atoms with Crippen LogP contribution in [0.25, 0.3) is 28.2 Å². The third kappa shape index (κ3) is 3.09. The quantitative estimate of drug-likeness (QED) is 0.394. The topological polar surface area (TPSA) is 150 Å². The summed E-state index contributed by atoms with van der Waals surface area (Å²) in [6.07, 6.45) is 0. The van der Waals surface area contributed by atoms with Crippen LogP contribution in [0, 0.1) is 24.0 Å². The molecule has 30 heavy (non-hydrogen) atoms. The predicted octanol–water partition coefficient (Wildman–Crippen LogP) is 2.40. The average molecular weight is 404 g/mol. The number of aromatic amines is 1. The molecule has 0 atom stereocenters. The summed E-state index contributed by atoms with van der Waals surface area (Å²) in [6.45, 7) is 3.88. The summed E-state index contributed by atoms with van der Waals surface area (Å²) in [7, 11) is 0. The molecule has 0 radical (unpaired) electrons. The summed E-state index contributed by atoms with van der Waals surface area (Å²) < 4.78 is 1.34. The maximum atomic E-state index is 12.7. The number of aromatic nitrogens is 4. The number of fused-ring (bicyclic) bond motifs is 1. The van der Waals surface area contributed by atoms with E-state index in [0.29, 0.717) is 11.3 Å². The van der Waals surface area contributed by atoms with Crippen LogP contribution in [0.2, 0.25) is 0 Å². The summed E-state index contributed by atoms with van der Waals surface area (Å²) in [6, 6.07) is 11.0. The number of H-pyrrole nitrogens is 1. The predicted molar refractivity (Wildman–Crippen MR) is 110 cm³/mol. The number of amides is 1. The molecule has 0 bridgehead atoms. The average Bonchev–Trinajstić information content (AvgIpc) is 3.05. The van der Waals surface area contributed by atoms with Gasteiger partial charge in [-0.3, -0.25) is 14.9 Å². The van der Waals surface area contributed by atoms with Crippen molar-refractivity contribution >= 4 is 22.8 Å². The summed E-state index contributed by atoms with van der Waals surface area (Å²) in [4.78, 5) is 46.3. The van der Waals surface area contributed by atoms with E-state index in [1.807, 2.05) is 26.0 Å². The van der Waals surface area contributed by atoms with Gasteiger partial charge in [0.15, 0.2) is 17.2 Å². The fourth-order valence-corrected chi connectivity index (χ4v) is 3.13. The van der Waals surface area contributed by atoms with Crippen molar-refractivity contribution in [2.24, 2.45) is 5.73 Å². The van der Waals surface area contributed by atoms with E-state index >= 15 is 0 Å². The van der Waals surface area contributed by atoms with Crippen LogP contribution in [0.3, 0.4) is 0 Å². The summed E-state index contributed by atoms with van der Waals surface area (Å²) in [5, 5.41) is 10.9. The number of nitro groups is 1. The molecule has 150 valence electrons. The molecule has 3 N–H and O–H groups in total. The molecule has 0 aliphatic heterocycles. The second-order valence-electron chi connectivity index (χ2n) is 6.80. The Hall–Kier alpha value is -4.34. The summed E-state index contributed by atoms with van der Waals surface area (Å²) >= 11 is 0. The molecule has 1 amide bonds. The van der Waals surface area contributed by atoms with Gasteiger partial charge in [0, 0.05) is 17.7 Å². The Kier molecular flexibility index (Phi) is 4.38. The van der Waals surface area contributed by atoms with Crippen LogP contribution >= 0.6 is 0 Å². The highest BCUT2D eigenvalue weighted by Crippen LogP contribution is 2.24. The molecule has 4 rings (SSSR count). The van der Waals surface area contributed by atoms with E-state index in [0.717, 1.165) is 11.1 Å². The van der Waals surface area contributed by atoms with Crippen molar-refractivity contribution in [2.75, 3.05) is 0 Å². The third-order valence-electron chi connectivity index (χ3n) is 4.86. The van der Waals surface area contributed by atoms with E-state index in [9.17, 15) is 19.7 Å². The molecule has 10 nitrogen and oxygen atoms in total. The summed E-state index contributed by atoms with van der Waals surface area (Å²) in [5.41, 5.74) is 8.10. The number of carbonyl (C=O) groups excluding carboxylic acids is 1. The molecule has 0 aliphatic carbocycles. The monoisotopic (exact) mass is 404 g/mol. The Labute approximate surface area is 169 Å². The number of nitro benzene ring substituents is 1. The number of imidazole rings is 1. The first kappa shape index (κ1) is 19.0. The highest BCUT2D eigenvalue weighted by Gasteiger charge is 2.20. The molecule has 2 aromatic heterocycles. The highest BCUT2D eigenvalue weighted by atomic mass is 16.6. The number of nitrogens with zero attached hydrogens (tertiary/aromatic N) is 4. The molecule has 0 saturated heterocycles. The number of carbonyl (C=O) groups is 1. The molecule has 0 fully saturated rings. The van der Waals surface area contributed by atoms with Crippen LogP contribution in [-0.2, 0) is 0 Å². The Bertz CT molecular complexity index is 1390. The molecular weight excluding hydrogens is 388 g/mol. The third-order valence-corrected chi connectivity index (χ3v) is 4.86. The van der Waals surface area contributed by atoms with Crippen LogP contribution in [0.1, 0.15) is 21.6 Å². The molecule has 2 heterocycles. The molecule has 0 spiro atoms. The second-order valence-corrected chi connectivity index (χ2v) is 6.80. The lowest BCUT2D eigenvalue weighted by atomic mass is 10.1. The van der Waals surface area contributed by atoms with E-state index in [1.165, 1.54) is 28.8 Å². The standard InChI is InChI=1S/C20H16N6O4/c1-10-3-6-14(9-11(10)2)25-19-16(23-20(25)28)15(17(21)27)22-18(24-19)12-4-7-13(8-5-12)26(29)30/h3-9H,1-2H3,(H2,21,27)(H,23,28). The molecule has 0 saturated carbocycles. The van der Waals surface area contributed by atoms with Crippen LogP contribution in [0.5, 0.6) is 0 Å². The fourth-order valence-electron chi connectivity index (χ4n) is 3.13. The van der Waals surface area contributed by atoms with Crippen molar-refractivity contribution in [2.45, 2.75) is 13.8 Å². The Morgan fingerprint density at radius 3 is 2.40 bits per heavy atom. The minimum Gasteiger partial charge on any atom is -0.364 e. The van der Waals surface area contributed by atoms with Crippen molar-refractivity contribution in [3.05, 3.63) is 79.9 Å². The van der Waals surface area contributed by atoms with E-state index in [1.54, 1.807) is 6.07 Å². The first-order chi connectivity index (χ1) is 14.3. The SMILES string of the molecule is Cc1ccc(-n2c(=O)[nH]c3c(C(N)=O)nc(-c4ccc([N+](=O)[O-])cc4)nc32)cc1C. The number of aryl methyl sites for hydroxylation is 2.